The second kappa shape index (κ2) is 10.5. The number of likely N-dealkylation sites (tertiary alicyclic amines) is 1. The van der Waals surface area contributed by atoms with Crippen molar-refractivity contribution in [1.29, 1.82) is 0 Å². The van der Waals surface area contributed by atoms with Crippen molar-refractivity contribution in [3.8, 4) is 0 Å². The highest BCUT2D eigenvalue weighted by molar-refractivity contribution is 5.78. The monoisotopic (exact) mass is 441 g/mol. The number of anilines is 1. The number of carbonyl (C=O) groups excluding carboxylic acids is 1. The lowest BCUT2D eigenvalue weighted by atomic mass is 9.90. The molecule has 176 valence electrons. The van der Waals surface area contributed by atoms with E-state index in [9.17, 15) is 4.79 Å². The van der Waals surface area contributed by atoms with E-state index >= 15 is 0 Å². The number of nitrogens with zero attached hydrogens (tertiary/aromatic N) is 5. The Bertz CT molecular complexity index is 737. The number of rotatable bonds is 5. The second-order valence-corrected chi connectivity index (χ2v) is 10.1. The number of morpholine rings is 1. The van der Waals surface area contributed by atoms with Crippen molar-refractivity contribution in [1.82, 2.24) is 19.7 Å². The normalized spacial score (nSPS) is 30.2. The van der Waals surface area contributed by atoms with Crippen molar-refractivity contribution < 1.29 is 9.53 Å². The Labute approximate surface area is 192 Å². The first kappa shape index (κ1) is 22.1. The Morgan fingerprint density at radius 1 is 0.969 bits per heavy atom. The van der Waals surface area contributed by atoms with E-state index in [1.54, 1.807) is 0 Å². The Morgan fingerprint density at radius 3 is 2.69 bits per heavy atom. The number of hydrogen-bond acceptors (Lipinski definition) is 6. The fourth-order valence-electron chi connectivity index (χ4n) is 6.20. The number of pyridine rings is 1. The third kappa shape index (κ3) is 5.26. The first-order valence-corrected chi connectivity index (χ1v) is 12.8. The molecule has 1 aromatic rings. The van der Waals surface area contributed by atoms with E-state index in [-0.39, 0.29) is 6.10 Å². The van der Waals surface area contributed by atoms with Crippen LogP contribution in [0.4, 0.5) is 5.82 Å². The molecule has 4 aliphatic rings. The summed E-state index contributed by atoms with van der Waals surface area (Å²) < 4.78 is 5.97. The summed E-state index contributed by atoms with van der Waals surface area (Å²) in [5.41, 5.74) is 0. The molecule has 3 unspecified atom stereocenters. The number of aromatic nitrogens is 1. The van der Waals surface area contributed by atoms with Gasteiger partial charge in [-0.15, -0.1) is 0 Å². The van der Waals surface area contributed by atoms with Crippen LogP contribution in [0.5, 0.6) is 0 Å². The minimum Gasteiger partial charge on any atom is -0.374 e. The number of ether oxygens (including phenoxy) is 1. The Morgan fingerprint density at radius 2 is 1.84 bits per heavy atom. The molecule has 3 aliphatic heterocycles. The number of piperazine rings is 1. The molecule has 4 fully saturated rings. The molecule has 0 radical (unpaired) electrons. The van der Waals surface area contributed by atoms with Crippen LogP contribution in [-0.2, 0) is 9.53 Å². The Hall–Kier alpha value is -1.70. The van der Waals surface area contributed by atoms with Crippen molar-refractivity contribution in [2.24, 2.45) is 5.92 Å². The zero-order valence-electron chi connectivity index (χ0n) is 19.4. The van der Waals surface area contributed by atoms with Gasteiger partial charge in [0.1, 0.15) is 5.82 Å². The molecule has 3 saturated heterocycles. The fraction of sp³-hybridized carbons (Fsp3) is 0.760. The van der Waals surface area contributed by atoms with E-state index in [1.807, 2.05) is 12.3 Å². The maximum Gasteiger partial charge on any atom is 0.237 e. The number of amides is 1. The van der Waals surface area contributed by atoms with Gasteiger partial charge < -0.3 is 14.5 Å². The van der Waals surface area contributed by atoms with Crippen molar-refractivity contribution in [2.75, 3.05) is 70.4 Å². The van der Waals surface area contributed by atoms with Gasteiger partial charge in [0, 0.05) is 52.0 Å². The average molecular weight is 442 g/mol. The number of carbonyl (C=O) groups is 1. The zero-order chi connectivity index (χ0) is 21.8. The molecular formula is C25H39N5O2. The maximum atomic E-state index is 13.2. The summed E-state index contributed by atoms with van der Waals surface area (Å²) in [5, 5.41) is 0. The van der Waals surface area contributed by atoms with Gasteiger partial charge in [-0.25, -0.2) is 4.98 Å². The van der Waals surface area contributed by atoms with Crippen LogP contribution in [-0.4, -0.2) is 103 Å². The summed E-state index contributed by atoms with van der Waals surface area (Å²) in [6.07, 6.45) is 9.36. The quantitative estimate of drug-likeness (QED) is 0.698. The zero-order valence-corrected chi connectivity index (χ0v) is 19.4. The molecule has 0 N–H and O–H groups in total. The van der Waals surface area contributed by atoms with Gasteiger partial charge in [0.25, 0.3) is 0 Å². The van der Waals surface area contributed by atoms with Crippen molar-refractivity contribution >= 4 is 11.7 Å². The van der Waals surface area contributed by atoms with Crippen LogP contribution in [0, 0.1) is 5.92 Å². The molecule has 7 nitrogen and oxygen atoms in total. The highest BCUT2D eigenvalue weighted by Gasteiger charge is 2.37. The van der Waals surface area contributed by atoms with Gasteiger partial charge in [0.15, 0.2) is 0 Å². The van der Waals surface area contributed by atoms with Gasteiger partial charge in [-0.3, -0.25) is 14.6 Å². The number of hydrogen-bond donors (Lipinski definition) is 0. The molecule has 1 saturated carbocycles. The van der Waals surface area contributed by atoms with Gasteiger partial charge >= 0.3 is 0 Å². The predicted molar refractivity (Wildman–Crippen MR) is 126 cm³/mol. The van der Waals surface area contributed by atoms with Crippen LogP contribution in [0.1, 0.15) is 38.5 Å². The van der Waals surface area contributed by atoms with Gasteiger partial charge in [0.2, 0.25) is 5.91 Å². The Kier molecular flexibility index (Phi) is 7.25. The van der Waals surface area contributed by atoms with E-state index in [0.29, 0.717) is 31.0 Å². The molecule has 3 atom stereocenters. The summed E-state index contributed by atoms with van der Waals surface area (Å²) in [4.78, 5) is 27.3. The predicted octanol–water partition coefficient (Wildman–Crippen LogP) is 2.09. The van der Waals surface area contributed by atoms with Crippen molar-refractivity contribution in [3.05, 3.63) is 24.4 Å². The second-order valence-electron chi connectivity index (χ2n) is 10.1. The molecule has 7 heteroatoms. The van der Waals surface area contributed by atoms with E-state index in [2.05, 4.69) is 36.7 Å². The molecule has 1 amide bonds. The van der Waals surface area contributed by atoms with Gasteiger partial charge in [-0.05, 0) is 50.3 Å². The molecule has 0 aromatic carbocycles. The van der Waals surface area contributed by atoms with Crippen LogP contribution >= 0.6 is 0 Å². The van der Waals surface area contributed by atoms with Gasteiger partial charge in [0.05, 0.1) is 25.3 Å². The molecular weight excluding hydrogens is 402 g/mol. The summed E-state index contributed by atoms with van der Waals surface area (Å²) in [7, 11) is 0. The lowest BCUT2D eigenvalue weighted by Gasteiger charge is -2.45. The van der Waals surface area contributed by atoms with Crippen LogP contribution < -0.4 is 4.90 Å². The highest BCUT2D eigenvalue weighted by atomic mass is 16.5. The Balaban J connectivity index is 1.08. The van der Waals surface area contributed by atoms with Gasteiger partial charge in [-0.2, -0.15) is 0 Å². The minimum absolute atomic E-state index is 0.278. The van der Waals surface area contributed by atoms with Crippen molar-refractivity contribution in [3.63, 3.8) is 0 Å². The molecule has 32 heavy (non-hydrogen) atoms. The van der Waals surface area contributed by atoms with Crippen LogP contribution in [0.15, 0.2) is 24.4 Å². The summed E-state index contributed by atoms with van der Waals surface area (Å²) in [6, 6.07) is 6.47. The molecule has 1 aromatic heterocycles. The number of fused-ring (bicyclic) bond motifs is 1. The summed E-state index contributed by atoms with van der Waals surface area (Å²) in [6.45, 7) is 9.65. The molecule has 1 aliphatic carbocycles. The lowest BCUT2D eigenvalue weighted by molar-refractivity contribution is -0.151. The standard InChI is InChI=1S/C25H39N5O2/c31-25(30-16-17-32-23-8-2-1-7-22(23)30)20-28-11-5-6-21(19-28)18-27-12-14-29(15-13-27)24-9-3-4-10-26-24/h3-4,9-10,21-23H,1-2,5-8,11-20H2. The largest absolute Gasteiger partial charge is 0.374 e. The minimum atomic E-state index is 0.278. The van der Waals surface area contributed by atoms with Crippen molar-refractivity contribution in [2.45, 2.75) is 50.7 Å². The van der Waals surface area contributed by atoms with E-state index in [1.165, 1.54) is 25.7 Å². The average Bonchev–Trinajstić information content (AvgIpc) is 2.85. The first-order chi connectivity index (χ1) is 15.8. The lowest BCUT2D eigenvalue weighted by Crippen LogP contribution is -2.57. The van der Waals surface area contributed by atoms with Crippen LogP contribution in [0.3, 0.4) is 0 Å². The van der Waals surface area contributed by atoms with E-state index < -0.39 is 0 Å². The first-order valence-electron chi connectivity index (χ1n) is 12.8. The summed E-state index contributed by atoms with van der Waals surface area (Å²) >= 11 is 0. The van der Waals surface area contributed by atoms with Gasteiger partial charge in [-0.1, -0.05) is 18.9 Å². The van der Waals surface area contributed by atoms with E-state index in [4.69, 9.17) is 4.74 Å². The van der Waals surface area contributed by atoms with Crippen LogP contribution in [0.25, 0.3) is 0 Å². The van der Waals surface area contributed by atoms with Crippen LogP contribution in [0.2, 0.25) is 0 Å². The summed E-state index contributed by atoms with van der Waals surface area (Å²) in [5.74, 6) is 2.10. The SMILES string of the molecule is O=C(CN1CCCC(CN2CCN(c3ccccn3)CC2)C1)N1CCOC2CCCCC21. The maximum absolute atomic E-state index is 13.2. The topological polar surface area (TPSA) is 52.2 Å². The third-order valence-electron chi connectivity index (χ3n) is 7.88. The molecule has 0 spiro atoms. The third-order valence-corrected chi connectivity index (χ3v) is 7.88. The molecule has 5 rings (SSSR count). The molecule has 0 bridgehead atoms. The molecule has 4 heterocycles. The highest BCUT2D eigenvalue weighted by Crippen LogP contribution is 2.29. The smallest absolute Gasteiger partial charge is 0.237 e. The van der Waals surface area contributed by atoms with E-state index in [0.717, 1.165) is 71.0 Å². The number of piperidine rings is 1. The fourth-order valence-corrected chi connectivity index (χ4v) is 6.20.